The Bertz CT molecular complexity index is 776. The van der Waals surface area contributed by atoms with Crippen molar-refractivity contribution >= 4 is 17.9 Å². The fourth-order valence-electron chi connectivity index (χ4n) is 4.19. The van der Waals surface area contributed by atoms with Crippen molar-refractivity contribution in [2.45, 2.75) is 49.2 Å². The molecule has 4 rings (SSSR count). The van der Waals surface area contributed by atoms with E-state index >= 15 is 0 Å². The highest BCUT2D eigenvalue weighted by Crippen LogP contribution is 2.48. The molecule has 0 saturated carbocycles. The van der Waals surface area contributed by atoms with Crippen LogP contribution in [0.15, 0.2) is 42.5 Å². The number of hydrogen-bond acceptors (Lipinski definition) is 7. The van der Waals surface area contributed by atoms with E-state index in [9.17, 15) is 19.5 Å². The molecule has 3 aliphatic rings. The highest BCUT2D eigenvalue weighted by atomic mass is 16.6. The highest BCUT2D eigenvalue weighted by Gasteiger charge is 2.62. The molecule has 3 saturated heterocycles. The Morgan fingerprint density at radius 1 is 1.10 bits per heavy atom. The van der Waals surface area contributed by atoms with Crippen LogP contribution < -0.4 is 0 Å². The summed E-state index contributed by atoms with van der Waals surface area (Å²) in [5.41, 5.74) is 0.803. The molecule has 2 bridgehead atoms. The Morgan fingerprint density at radius 3 is 2.10 bits per heavy atom. The van der Waals surface area contributed by atoms with E-state index in [2.05, 4.69) is 11.9 Å². The van der Waals surface area contributed by atoms with Gasteiger partial charge in [0.05, 0.1) is 6.61 Å². The van der Waals surface area contributed by atoms with Gasteiger partial charge in [-0.1, -0.05) is 30.3 Å². The molecule has 0 spiro atoms. The molecule has 1 aromatic carbocycles. The number of fused-ring (bicyclic) bond motifs is 5. The van der Waals surface area contributed by atoms with Gasteiger partial charge in [0.25, 0.3) is 0 Å². The Balaban J connectivity index is 0.000000275. The molecule has 0 aromatic heterocycles. The van der Waals surface area contributed by atoms with Gasteiger partial charge >= 0.3 is 17.9 Å². The summed E-state index contributed by atoms with van der Waals surface area (Å²) in [5, 5.41) is 25.2. The molecule has 3 heterocycles. The lowest BCUT2D eigenvalue weighted by molar-refractivity contribution is -0.156. The van der Waals surface area contributed by atoms with Gasteiger partial charge in [-0.3, -0.25) is 9.69 Å². The number of likely N-dealkylation sites (N-methyl/N-ethyl adjacent to an activating group) is 1. The third-order valence-corrected chi connectivity index (χ3v) is 5.70. The zero-order chi connectivity index (χ0) is 21.8. The van der Waals surface area contributed by atoms with Crippen molar-refractivity contribution in [2.75, 3.05) is 13.7 Å². The number of ether oxygens (including phenoxy) is 2. The number of carbonyl (C=O) groups excluding carboxylic acids is 1. The van der Waals surface area contributed by atoms with Crippen molar-refractivity contribution in [3.8, 4) is 0 Å². The zero-order valence-corrected chi connectivity index (χ0v) is 16.5. The van der Waals surface area contributed by atoms with Gasteiger partial charge < -0.3 is 24.8 Å². The van der Waals surface area contributed by atoms with E-state index in [1.54, 1.807) is 0 Å². The molecular weight excluding hydrogens is 394 g/mol. The molecule has 0 aliphatic carbocycles. The molecule has 3 fully saturated rings. The van der Waals surface area contributed by atoms with Gasteiger partial charge in [-0.2, -0.15) is 0 Å². The molecule has 3 N–H and O–H groups in total. The number of benzene rings is 1. The van der Waals surface area contributed by atoms with Crippen LogP contribution in [0.2, 0.25) is 0 Å². The first-order valence-corrected chi connectivity index (χ1v) is 9.69. The first-order chi connectivity index (χ1) is 14.3. The largest absolute Gasteiger partial charge is 0.478 e. The minimum atomic E-state index is -1.26. The Morgan fingerprint density at radius 2 is 1.63 bits per heavy atom. The van der Waals surface area contributed by atoms with Gasteiger partial charge in [0, 0.05) is 37.1 Å². The van der Waals surface area contributed by atoms with Crippen LogP contribution in [0.1, 0.15) is 24.3 Å². The van der Waals surface area contributed by atoms with Crippen LogP contribution in [0.25, 0.3) is 0 Å². The Labute approximate surface area is 173 Å². The number of carboxylic acid groups (broad SMARTS) is 2. The number of rotatable bonds is 6. The van der Waals surface area contributed by atoms with Crippen molar-refractivity contribution in [1.29, 1.82) is 0 Å². The normalized spacial score (nSPS) is 30.0. The lowest BCUT2D eigenvalue weighted by Gasteiger charge is -2.38. The number of carboxylic acids is 2. The maximum Gasteiger partial charge on any atom is 0.328 e. The summed E-state index contributed by atoms with van der Waals surface area (Å²) in [6, 6.07) is 10.1. The second-order valence-electron chi connectivity index (χ2n) is 7.55. The first kappa shape index (κ1) is 21.9. The van der Waals surface area contributed by atoms with Gasteiger partial charge in [0.1, 0.15) is 24.2 Å². The number of hydrogen-bond donors (Lipinski definition) is 3. The van der Waals surface area contributed by atoms with Crippen molar-refractivity contribution in [3.05, 3.63) is 48.0 Å². The van der Waals surface area contributed by atoms with Gasteiger partial charge in [-0.15, -0.1) is 0 Å². The molecule has 9 nitrogen and oxygen atoms in total. The van der Waals surface area contributed by atoms with E-state index in [0.29, 0.717) is 36.4 Å². The quantitative estimate of drug-likeness (QED) is 0.344. The number of epoxide rings is 1. The summed E-state index contributed by atoms with van der Waals surface area (Å²) in [6.45, 7) is -0.226. The SMILES string of the molecule is CN1[C@@H]2C[C@@H](OC(=O)[C@H](CO)c3ccccc3)C[C@H]1[C@@H]1O[C@@H]12.O=C(O)/C=C\C(=O)O. The smallest absolute Gasteiger partial charge is 0.328 e. The maximum atomic E-state index is 12.4. The summed E-state index contributed by atoms with van der Waals surface area (Å²) >= 11 is 0. The second kappa shape index (κ2) is 9.38. The van der Waals surface area contributed by atoms with E-state index in [1.165, 1.54) is 0 Å². The summed E-state index contributed by atoms with van der Waals surface area (Å²) < 4.78 is 11.4. The number of nitrogens with zero attached hydrogens (tertiary/aromatic N) is 1. The molecule has 30 heavy (non-hydrogen) atoms. The monoisotopic (exact) mass is 419 g/mol. The highest BCUT2D eigenvalue weighted by molar-refractivity contribution is 5.89. The average Bonchev–Trinajstić information content (AvgIpc) is 3.47. The van der Waals surface area contributed by atoms with Crippen LogP contribution in [-0.2, 0) is 23.9 Å². The minimum absolute atomic E-state index is 0.0622. The standard InChI is InChI=1S/C17H21NO4.C4H4O4/c1-18-13-7-11(8-14(18)16-15(13)22-16)21-17(20)12(9-19)10-5-3-2-4-6-10;5-3(6)1-2-4(7)8/h2-6,11-16,19H,7-9H2,1H3;1-2H,(H,5,6)(H,7,8)/b;2-1-/t11-,12-,13-,14+,15-,16+;/m1./s1. The van der Waals surface area contributed by atoms with Gasteiger partial charge in [0.15, 0.2) is 0 Å². The topological polar surface area (TPSA) is 137 Å². The third-order valence-electron chi connectivity index (χ3n) is 5.70. The Hall–Kier alpha value is -2.75. The number of aliphatic hydroxyl groups is 1. The molecule has 9 heteroatoms. The van der Waals surface area contributed by atoms with E-state index < -0.39 is 17.9 Å². The zero-order valence-electron chi connectivity index (χ0n) is 16.5. The molecular formula is C21H25NO8. The number of aliphatic carboxylic acids is 2. The van der Waals surface area contributed by atoms with Crippen molar-refractivity contribution < 1.29 is 39.2 Å². The van der Waals surface area contributed by atoms with E-state index in [1.807, 2.05) is 30.3 Å². The molecule has 0 radical (unpaired) electrons. The molecule has 6 atom stereocenters. The third kappa shape index (κ3) is 5.05. The lowest BCUT2D eigenvalue weighted by Crippen LogP contribution is -2.48. The fourth-order valence-corrected chi connectivity index (χ4v) is 4.19. The van der Waals surface area contributed by atoms with Crippen molar-refractivity contribution in [1.82, 2.24) is 4.90 Å². The molecule has 0 unspecified atom stereocenters. The van der Waals surface area contributed by atoms with E-state index in [0.717, 1.165) is 18.4 Å². The van der Waals surface area contributed by atoms with Gasteiger partial charge in [-0.05, 0) is 12.6 Å². The Kier molecular flexibility index (Phi) is 6.86. The minimum Gasteiger partial charge on any atom is -0.478 e. The second-order valence-corrected chi connectivity index (χ2v) is 7.55. The number of esters is 1. The number of aliphatic hydroxyl groups excluding tert-OH is 1. The predicted molar refractivity (Wildman–Crippen MR) is 104 cm³/mol. The first-order valence-electron chi connectivity index (χ1n) is 9.69. The van der Waals surface area contributed by atoms with E-state index in [-0.39, 0.29) is 18.7 Å². The molecule has 1 aromatic rings. The molecule has 0 amide bonds. The average molecular weight is 419 g/mol. The summed E-state index contributed by atoms with van der Waals surface area (Å²) in [7, 11) is 2.13. The van der Waals surface area contributed by atoms with E-state index in [4.69, 9.17) is 19.7 Å². The van der Waals surface area contributed by atoms with Gasteiger partial charge in [-0.25, -0.2) is 9.59 Å². The lowest BCUT2D eigenvalue weighted by atomic mass is 9.97. The van der Waals surface area contributed by atoms with Crippen molar-refractivity contribution in [2.24, 2.45) is 0 Å². The summed E-state index contributed by atoms with van der Waals surface area (Å²) in [5.74, 6) is -3.43. The molecule has 162 valence electrons. The number of morpholine rings is 1. The van der Waals surface area contributed by atoms with Crippen LogP contribution in [0, 0.1) is 0 Å². The van der Waals surface area contributed by atoms with Crippen LogP contribution >= 0.6 is 0 Å². The number of carbonyl (C=O) groups is 3. The van der Waals surface area contributed by atoms with Crippen LogP contribution in [0.3, 0.4) is 0 Å². The van der Waals surface area contributed by atoms with Crippen molar-refractivity contribution in [3.63, 3.8) is 0 Å². The number of piperidine rings is 1. The van der Waals surface area contributed by atoms with Gasteiger partial charge in [0.2, 0.25) is 0 Å². The van der Waals surface area contributed by atoms with Crippen LogP contribution in [0.4, 0.5) is 0 Å². The summed E-state index contributed by atoms with van der Waals surface area (Å²) in [6.07, 6.45) is 3.38. The fraction of sp³-hybridized carbons (Fsp3) is 0.476. The predicted octanol–water partition coefficient (Wildman–Crippen LogP) is 0.630. The van der Waals surface area contributed by atoms with Crippen LogP contribution in [0.5, 0.6) is 0 Å². The molecule has 3 aliphatic heterocycles. The summed E-state index contributed by atoms with van der Waals surface area (Å²) in [4.78, 5) is 33.9. The van der Waals surface area contributed by atoms with Crippen LogP contribution in [-0.4, -0.2) is 82.2 Å². The maximum absolute atomic E-state index is 12.4.